The Balaban J connectivity index is 3.16. The van der Waals surface area contributed by atoms with Gasteiger partial charge in [-0.25, -0.2) is 13.4 Å². The largest absolute Gasteiger partial charge is 0.383 e. The van der Waals surface area contributed by atoms with Crippen molar-refractivity contribution in [1.82, 2.24) is 9.29 Å². The number of methoxy groups -OCH3 is 1. The molecule has 0 saturated carbocycles. The zero-order chi connectivity index (χ0) is 14.5. The second-order valence-electron chi connectivity index (χ2n) is 4.16. The van der Waals surface area contributed by atoms with Crippen molar-refractivity contribution in [3.8, 4) is 0 Å². The molecular weight excluding hydrogens is 288 g/mol. The van der Waals surface area contributed by atoms with Crippen molar-refractivity contribution in [2.75, 3.05) is 20.3 Å². The van der Waals surface area contributed by atoms with E-state index >= 15 is 0 Å². The Labute approximate surface area is 119 Å². The van der Waals surface area contributed by atoms with Crippen LogP contribution in [0.5, 0.6) is 0 Å². The van der Waals surface area contributed by atoms with Crippen LogP contribution in [0.1, 0.15) is 20.3 Å². The molecule has 1 aromatic heterocycles. The smallest absolute Gasteiger partial charge is 0.246 e. The van der Waals surface area contributed by atoms with Crippen LogP contribution in [0, 0.1) is 0 Å². The van der Waals surface area contributed by atoms with Crippen LogP contribution in [0.25, 0.3) is 0 Å². The van der Waals surface area contributed by atoms with Gasteiger partial charge in [0.15, 0.2) is 0 Å². The number of sulfonamides is 1. The highest BCUT2D eigenvalue weighted by atomic mass is 35.5. The second kappa shape index (κ2) is 7.19. The molecule has 0 spiro atoms. The molecule has 5 nitrogen and oxygen atoms in total. The molecule has 108 valence electrons. The van der Waals surface area contributed by atoms with E-state index < -0.39 is 10.0 Å². The van der Waals surface area contributed by atoms with Crippen LogP contribution >= 0.6 is 11.6 Å². The summed E-state index contributed by atoms with van der Waals surface area (Å²) in [4.78, 5) is 3.86. The van der Waals surface area contributed by atoms with E-state index in [9.17, 15) is 8.42 Å². The van der Waals surface area contributed by atoms with Crippen LogP contribution in [-0.4, -0.2) is 44.0 Å². The summed E-state index contributed by atoms with van der Waals surface area (Å²) in [5, 5.41) is -0.00628. The lowest BCUT2D eigenvalue weighted by Crippen LogP contribution is -2.40. The van der Waals surface area contributed by atoms with Gasteiger partial charge in [-0.1, -0.05) is 18.5 Å². The van der Waals surface area contributed by atoms with Crippen LogP contribution < -0.4 is 0 Å². The molecule has 0 amide bonds. The molecule has 0 radical (unpaired) electrons. The summed E-state index contributed by atoms with van der Waals surface area (Å²) in [5.74, 6) is 0. The van der Waals surface area contributed by atoms with Crippen molar-refractivity contribution >= 4 is 21.6 Å². The summed E-state index contributed by atoms with van der Waals surface area (Å²) in [6.45, 7) is 4.42. The van der Waals surface area contributed by atoms with Gasteiger partial charge in [-0.05, 0) is 25.5 Å². The maximum Gasteiger partial charge on any atom is 0.246 e. The van der Waals surface area contributed by atoms with Crippen LogP contribution in [0.3, 0.4) is 0 Å². The van der Waals surface area contributed by atoms with Gasteiger partial charge in [-0.2, -0.15) is 4.31 Å². The Hall–Kier alpha value is -0.690. The fraction of sp³-hybridized carbons (Fsp3) is 0.583. The number of hydrogen-bond donors (Lipinski definition) is 0. The first-order valence-electron chi connectivity index (χ1n) is 6.06. The molecule has 0 aromatic carbocycles. The Morgan fingerprint density at radius 3 is 2.74 bits per heavy atom. The first-order valence-corrected chi connectivity index (χ1v) is 7.88. The first-order chi connectivity index (χ1) is 8.95. The number of halogens is 1. The topological polar surface area (TPSA) is 59.5 Å². The van der Waals surface area contributed by atoms with Gasteiger partial charge in [0.05, 0.1) is 6.61 Å². The zero-order valence-corrected chi connectivity index (χ0v) is 12.9. The molecule has 0 fully saturated rings. The van der Waals surface area contributed by atoms with Crippen LogP contribution in [0.2, 0.25) is 5.15 Å². The number of aromatic nitrogens is 1. The highest BCUT2D eigenvalue weighted by molar-refractivity contribution is 7.89. The van der Waals surface area contributed by atoms with Gasteiger partial charge >= 0.3 is 0 Å². The van der Waals surface area contributed by atoms with Crippen LogP contribution in [0.4, 0.5) is 0 Å². The Kier molecular flexibility index (Phi) is 6.19. The third-order valence-corrected chi connectivity index (χ3v) is 5.37. The number of hydrogen-bond acceptors (Lipinski definition) is 4. The molecule has 1 aromatic rings. The van der Waals surface area contributed by atoms with Gasteiger partial charge in [0.2, 0.25) is 10.0 Å². The number of ether oxygens (including phenoxy) is 1. The molecular formula is C12H19ClN2O3S. The molecule has 1 unspecified atom stereocenters. The minimum Gasteiger partial charge on any atom is -0.383 e. The lowest BCUT2D eigenvalue weighted by molar-refractivity contribution is 0.167. The van der Waals surface area contributed by atoms with E-state index in [4.69, 9.17) is 16.3 Å². The summed E-state index contributed by atoms with van der Waals surface area (Å²) >= 11 is 5.89. The van der Waals surface area contributed by atoms with Gasteiger partial charge in [0.25, 0.3) is 0 Å². The van der Waals surface area contributed by atoms with Gasteiger partial charge in [-0.3, -0.25) is 0 Å². The molecule has 7 heteroatoms. The molecule has 0 N–H and O–H groups in total. The Morgan fingerprint density at radius 2 is 2.21 bits per heavy atom. The highest BCUT2D eigenvalue weighted by Gasteiger charge is 2.30. The fourth-order valence-corrected chi connectivity index (χ4v) is 3.77. The normalized spacial score (nSPS) is 13.7. The molecule has 1 atom stereocenters. The molecule has 0 bridgehead atoms. The van der Waals surface area contributed by atoms with Crippen molar-refractivity contribution in [2.24, 2.45) is 0 Å². The Morgan fingerprint density at radius 1 is 1.53 bits per heavy atom. The summed E-state index contributed by atoms with van der Waals surface area (Å²) < 4.78 is 31.6. The molecule has 0 saturated heterocycles. The fourth-order valence-electron chi connectivity index (χ4n) is 1.65. The average Bonchev–Trinajstić information content (AvgIpc) is 2.38. The number of nitrogens with zero attached hydrogens (tertiary/aromatic N) is 2. The average molecular weight is 307 g/mol. The van der Waals surface area contributed by atoms with E-state index in [1.54, 1.807) is 13.2 Å². The predicted molar refractivity (Wildman–Crippen MR) is 74.8 cm³/mol. The third-order valence-electron chi connectivity index (χ3n) is 2.91. The van der Waals surface area contributed by atoms with Crippen molar-refractivity contribution in [1.29, 1.82) is 0 Å². The van der Waals surface area contributed by atoms with Gasteiger partial charge in [0, 0.05) is 25.9 Å². The lowest BCUT2D eigenvalue weighted by Gasteiger charge is -2.27. The first kappa shape index (κ1) is 16.4. The van der Waals surface area contributed by atoms with Crippen molar-refractivity contribution in [3.63, 3.8) is 0 Å². The Bertz CT molecular complexity index is 507. The summed E-state index contributed by atoms with van der Waals surface area (Å²) in [7, 11) is -2.12. The molecule has 19 heavy (non-hydrogen) atoms. The number of pyridine rings is 1. The molecule has 1 heterocycles. The van der Waals surface area contributed by atoms with Crippen LogP contribution in [-0.2, 0) is 14.8 Å². The second-order valence-corrected chi connectivity index (χ2v) is 6.38. The van der Waals surface area contributed by atoms with Crippen molar-refractivity contribution in [2.45, 2.75) is 31.2 Å². The molecule has 0 aliphatic carbocycles. The highest BCUT2D eigenvalue weighted by Crippen LogP contribution is 2.24. The van der Waals surface area contributed by atoms with E-state index in [-0.39, 0.29) is 16.1 Å². The SMILES string of the molecule is CCC(C)N(CCOC)S(=O)(=O)c1cccnc1Cl. The summed E-state index contributed by atoms with van der Waals surface area (Å²) in [6.07, 6.45) is 2.17. The van der Waals surface area contributed by atoms with Crippen LogP contribution in [0.15, 0.2) is 23.2 Å². The van der Waals surface area contributed by atoms with Crippen molar-refractivity contribution < 1.29 is 13.2 Å². The predicted octanol–water partition coefficient (Wildman–Crippen LogP) is 2.17. The molecule has 0 aliphatic heterocycles. The van der Waals surface area contributed by atoms with Gasteiger partial charge < -0.3 is 4.74 Å². The van der Waals surface area contributed by atoms with E-state index in [1.807, 2.05) is 13.8 Å². The van der Waals surface area contributed by atoms with E-state index in [0.717, 1.165) is 0 Å². The summed E-state index contributed by atoms with van der Waals surface area (Å²) in [6, 6.07) is 2.90. The molecule has 0 aliphatic rings. The van der Waals surface area contributed by atoms with E-state index in [1.165, 1.54) is 16.6 Å². The lowest BCUT2D eigenvalue weighted by atomic mass is 10.3. The maximum atomic E-state index is 12.6. The van der Waals surface area contributed by atoms with Gasteiger partial charge in [0.1, 0.15) is 10.0 Å². The minimum atomic E-state index is -3.66. The zero-order valence-electron chi connectivity index (χ0n) is 11.3. The minimum absolute atomic E-state index is 0.00628. The maximum absolute atomic E-state index is 12.6. The summed E-state index contributed by atoms with van der Waals surface area (Å²) in [5.41, 5.74) is 0. The quantitative estimate of drug-likeness (QED) is 0.724. The van der Waals surface area contributed by atoms with E-state index in [2.05, 4.69) is 4.98 Å². The molecule has 1 rings (SSSR count). The standard InChI is InChI=1S/C12H19ClN2O3S/c1-4-10(2)15(8-9-18-3)19(16,17)11-6-5-7-14-12(11)13/h5-7,10H,4,8-9H2,1-3H3. The number of rotatable bonds is 7. The van der Waals surface area contributed by atoms with Gasteiger partial charge in [-0.15, -0.1) is 0 Å². The third kappa shape index (κ3) is 3.89. The monoisotopic (exact) mass is 306 g/mol. The van der Waals surface area contributed by atoms with E-state index in [0.29, 0.717) is 19.6 Å². The van der Waals surface area contributed by atoms with Crippen molar-refractivity contribution in [3.05, 3.63) is 23.5 Å².